The van der Waals surface area contributed by atoms with E-state index in [1.807, 2.05) is 27.0 Å². The maximum atomic E-state index is 11.8. The number of aromatic amines is 1. The van der Waals surface area contributed by atoms with Crippen molar-refractivity contribution in [2.24, 2.45) is 0 Å². The number of amides is 1. The highest BCUT2D eigenvalue weighted by Crippen LogP contribution is 2.04. The van der Waals surface area contributed by atoms with Crippen LogP contribution in [0.2, 0.25) is 0 Å². The second-order valence-electron chi connectivity index (χ2n) is 4.71. The molecule has 0 aromatic carbocycles. The van der Waals surface area contributed by atoms with Crippen molar-refractivity contribution >= 4 is 17.7 Å². The van der Waals surface area contributed by atoms with E-state index >= 15 is 0 Å². The van der Waals surface area contributed by atoms with E-state index in [2.05, 4.69) is 15.3 Å². The van der Waals surface area contributed by atoms with Gasteiger partial charge in [0.05, 0.1) is 5.75 Å². The average Bonchev–Trinajstić information content (AvgIpc) is 2.14. The number of hydrogen-bond donors (Lipinski definition) is 2. The van der Waals surface area contributed by atoms with Gasteiger partial charge >= 0.3 is 0 Å². The second-order valence-corrected chi connectivity index (χ2v) is 5.58. The van der Waals surface area contributed by atoms with Gasteiger partial charge in [0.1, 0.15) is 11.5 Å². The van der Waals surface area contributed by atoms with Gasteiger partial charge in [-0.05, 0) is 27.0 Å². The first-order valence-corrected chi connectivity index (χ1v) is 6.63. The van der Waals surface area contributed by atoms with Crippen LogP contribution in [0.4, 0.5) is 0 Å². The van der Waals surface area contributed by atoms with Crippen molar-refractivity contribution in [3.05, 3.63) is 27.9 Å². The van der Waals surface area contributed by atoms with Gasteiger partial charge in [0.15, 0.2) is 0 Å². The maximum absolute atomic E-state index is 11.8. The van der Waals surface area contributed by atoms with E-state index in [1.165, 1.54) is 17.8 Å². The molecule has 1 heterocycles. The van der Waals surface area contributed by atoms with Gasteiger partial charge in [-0.3, -0.25) is 9.59 Å². The molecule has 0 aliphatic heterocycles. The number of nitrogens with zero attached hydrogens (tertiary/aromatic N) is 1. The van der Waals surface area contributed by atoms with Crippen LogP contribution in [0.5, 0.6) is 0 Å². The van der Waals surface area contributed by atoms with Crippen molar-refractivity contribution in [3.63, 3.8) is 0 Å². The second kappa shape index (κ2) is 5.35. The van der Waals surface area contributed by atoms with Crippen LogP contribution in [0, 0.1) is 0 Å². The Bertz CT molecular complexity index is 463. The van der Waals surface area contributed by atoms with E-state index in [9.17, 15) is 9.59 Å². The summed E-state index contributed by atoms with van der Waals surface area (Å²) in [5.41, 5.74) is -0.489. The fourth-order valence-electron chi connectivity index (χ4n) is 1.23. The number of carbonyl (C=O) groups excluding carboxylic acids is 1. The van der Waals surface area contributed by atoms with Crippen molar-refractivity contribution in [1.29, 1.82) is 0 Å². The molecule has 1 amide bonds. The van der Waals surface area contributed by atoms with Crippen LogP contribution in [0.15, 0.2) is 10.9 Å². The number of nitrogens with one attached hydrogen (secondary N) is 2. The predicted molar refractivity (Wildman–Crippen MR) is 69.3 cm³/mol. The number of thioether (sulfide) groups is 1. The van der Waals surface area contributed by atoms with E-state index in [4.69, 9.17) is 0 Å². The minimum Gasteiger partial charge on any atom is -0.346 e. The molecule has 0 spiro atoms. The maximum Gasteiger partial charge on any atom is 0.270 e. The molecule has 17 heavy (non-hydrogen) atoms. The molecule has 0 unspecified atom stereocenters. The Hall–Kier alpha value is -1.30. The van der Waals surface area contributed by atoms with E-state index in [0.29, 0.717) is 11.6 Å². The molecule has 0 bridgehead atoms. The van der Waals surface area contributed by atoms with Crippen LogP contribution >= 0.6 is 11.8 Å². The summed E-state index contributed by atoms with van der Waals surface area (Å²) in [6, 6.07) is 1.21. The molecule has 0 atom stereocenters. The zero-order valence-corrected chi connectivity index (χ0v) is 11.3. The Kier molecular flexibility index (Phi) is 4.34. The highest BCUT2D eigenvalue weighted by Gasteiger charge is 2.17. The predicted octanol–water partition coefficient (Wildman–Crippen LogP) is 1.16. The molecular weight excluding hydrogens is 238 g/mol. The third kappa shape index (κ3) is 4.60. The van der Waals surface area contributed by atoms with E-state index in [1.54, 1.807) is 0 Å². The van der Waals surface area contributed by atoms with Crippen molar-refractivity contribution in [2.75, 3.05) is 6.26 Å². The Labute approximate surface area is 104 Å². The highest BCUT2D eigenvalue weighted by atomic mass is 32.2. The summed E-state index contributed by atoms with van der Waals surface area (Å²) in [6.45, 7) is 5.63. The molecule has 1 aromatic heterocycles. The van der Waals surface area contributed by atoms with Crippen LogP contribution in [0.25, 0.3) is 0 Å². The Morgan fingerprint density at radius 1 is 1.53 bits per heavy atom. The Morgan fingerprint density at radius 2 is 2.18 bits per heavy atom. The normalized spacial score (nSPS) is 11.3. The minimum absolute atomic E-state index is 0.160. The van der Waals surface area contributed by atoms with Gasteiger partial charge in [-0.25, -0.2) is 4.98 Å². The molecule has 0 aliphatic rings. The molecule has 2 N–H and O–H groups in total. The Balaban J connectivity index is 2.98. The third-order valence-corrected chi connectivity index (χ3v) is 2.36. The van der Waals surface area contributed by atoms with Gasteiger partial charge in [0.2, 0.25) is 0 Å². The van der Waals surface area contributed by atoms with Crippen LogP contribution in [-0.2, 0) is 5.75 Å². The molecule has 1 aromatic rings. The van der Waals surface area contributed by atoms with Gasteiger partial charge in [-0.2, -0.15) is 11.8 Å². The number of rotatable bonds is 3. The lowest BCUT2D eigenvalue weighted by Gasteiger charge is -2.20. The minimum atomic E-state index is -0.346. The van der Waals surface area contributed by atoms with Crippen molar-refractivity contribution in [3.8, 4) is 0 Å². The van der Waals surface area contributed by atoms with Crippen molar-refractivity contribution < 1.29 is 4.79 Å². The zero-order valence-electron chi connectivity index (χ0n) is 10.5. The summed E-state index contributed by atoms with van der Waals surface area (Å²) in [7, 11) is 0. The van der Waals surface area contributed by atoms with E-state index in [0.717, 1.165) is 0 Å². The number of H-pyrrole nitrogens is 1. The largest absolute Gasteiger partial charge is 0.346 e. The van der Waals surface area contributed by atoms with Crippen LogP contribution in [-0.4, -0.2) is 27.7 Å². The monoisotopic (exact) mass is 255 g/mol. The average molecular weight is 255 g/mol. The zero-order chi connectivity index (χ0) is 13.1. The summed E-state index contributed by atoms with van der Waals surface area (Å²) in [4.78, 5) is 29.9. The molecule has 0 saturated heterocycles. The van der Waals surface area contributed by atoms with Crippen LogP contribution in [0.3, 0.4) is 0 Å². The summed E-state index contributed by atoms with van der Waals surface area (Å²) in [5, 5.41) is 2.77. The first-order valence-electron chi connectivity index (χ1n) is 5.23. The summed E-state index contributed by atoms with van der Waals surface area (Å²) in [5.74, 6) is 0.765. The molecule has 94 valence electrons. The SMILES string of the molecule is CSCc1nc(C(=O)NC(C)(C)C)cc(=O)[nH]1. The Morgan fingerprint density at radius 3 is 2.71 bits per heavy atom. The van der Waals surface area contributed by atoms with Gasteiger partial charge in [0, 0.05) is 11.6 Å². The lowest BCUT2D eigenvalue weighted by Crippen LogP contribution is -2.41. The van der Waals surface area contributed by atoms with E-state index in [-0.39, 0.29) is 22.7 Å². The first-order chi connectivity index (χ1) is 7.81. The standard InChI is InChI=1S/C11H17N3O2S/c1-11(2,3)14-10(16)7-5-9(15)13-8(12-7)6-17-4/h5H,6H2,1-4H3,(H,14,16)(H,12,13,15). The van der Waals surface area contributed by atoms with Gasteiger partial charge < -0.3 is 10.3 Å². The highest BCUT2D eigenvalue weighted by molar-refractivity contribution is 7.97. The first kappa shape index (κ1) is 13.8. The summed E-state index contributed by atoms with van der Waals surface area (Å²) < 4.78 is 0. The smallest absolute Gasteiger partial charge is 0.270 e. The molecule has 5 nitrogen and oxygen atoms in total. The van der Waals surface area contributed by atoms with Gasteiger partial charge in [0.25, 0.3) is 11.5 Å². The lowest BCUT2D eigenvalue weighted by atomic mass is 10.1. The summed E-state index contributed by atoms with van der Waals surface area (Å²) >= 11 is 1.53. The fraction of sp³-hybridized carbons (Fsp3) is 0.545. The summed E-state index contributed by atoms with van der Waals surface area (Å²) in [6.07, 6.45) is 1.90. The number of hydrogen-bond acceptors (Lipinski definition) is 4. The quantitative estimate of drug-likeness (QED) is 0.850. The van der Waals surface area contributed by atoms with Crippen LogP contribution in [0.1, 0.15) is 37.1 Å². The van der Waals surface area contributed by atoms with Crippen LogP contribution < -0.4 is 10.9 Å². The van der Waals surface area contributed by atoms with Crippen molar-refractivity contribution in [1.82, 2.24) is 15.3 Å². The van der Waals surface area contributed by atoms with Crippen molar-refractivity contribution in [2.45, 2.75) is 32.1 Å². The lowest BCUT2D eigenvalue weighted by molar-refractivity contribution is 0.0914. The number of aromatic nitrogens is 2. The molecule has 0 radical (unpaired) electrons. The van der Waals surface area contributed by atoms with Gasteiger partial charge in [-0.15, -0.1) is 0 Å². The third-order valence-electron chi connectivity index (χ3n) is 1.79. The molecule has 0 aliphatic carbocycles. The molecular formula is C11H17N3O2S. The fourth-order valence-corrected chi connectivity index (χ4v) is 1.64. The topological polar surface area (TPSA) is 74.8 Å². The van der Waals surface area contributed by atoms with E-state index < -0.39 is 0 Å². The number of carbonyl (C=O) groups is 1. The molecule has 6 heteroatoms. The van der Waals surface area contributed by atoms with Gasteiger partial charge in [-0.1, -0.05) is 0 Å². The molecule has 0 saturated carbocycles. The molecule has 1 rings (SSSR count). The molecule has 0 fully saturated rings.